The topological polar surface area (TPSA) is 82.4 Å². The molecule has 4 rings (SSSR count). The molecule has 1 unspecified atom stereocenters. The molecule has 0 aliphatic carbocycles. The van der Waals surface area contributed by atoms with Gasteiger partial charge in [0.1, 0.15) is 11.5 Å². The summed E-state index contributed by atoms with van der Waals surface area (Å²) in [6.07, 6.45) is 0.736. The van der Waals surface area contributed by atoms with E-state index in [1.807, 2.05) is 24.3 Å². The monoisotopic (exact) mass is 469 g/mol. The SMILES string of the molecule is COc1ccc(-n2c(SCC(=O)Nc3ccccc3OC)nc3c(c2=O)SC(C)C3)cc1. The molecule has 1 aliphatic heterocycles. The molecule has 32 heavy (non-hydrogen) atoms. The van der Waals surface area contributed by atoms with E-state index in [9.17, 15) is 9.59 Å². The average Bonchev–Trinajstić information content (AvgIpc) is 3.19. The van der Waals surface area contributed by atoms with Gasteiger partial charge in [-0.2, -0.15) is 0 Å². The van der Waals surface area contributed by atoms with E-state index in [0.29, 0.717) is 38.2 Å². The van der Waals surface area contributed by atoms with Crippen molar-refractivity contribution in [2.45, 2.75) is 28.6 Å². The third kappa shape index (κ3) is 4.63. The maximum Gasteiger partial charge on any atom is 0.272 e. The number of carbonyl (C=O) groups excluding carboxylic acids is 1. The molecular formula is C23H23N3O4S2. The lowest BCUT2D eigenvalue weighted by Crippen LogP contribution is -2.24. The van der Waals surface area contributed by atoms with Crippen LogP contribution in [0.1, 0.15) is 12.6 Å². The highest BCUT2D eigenvalue weighted by Crippen LogP contribution is 2.35. The maximum atomic E-state index is 13.3. The van der Waals surface area contributed by atoms with E-state index in [0.717, 1.165) is 12.1 Å². The fraction of sp³-hybridized carbons (Fsp3) is 0.261. The van der Waals surface area contributed by atoms with Gasteiger partial charge < -0.3 is 14.8 Å². The number of ether oxygens (including phenoxy) is 2. The van der Waals surface area contributed by atoms with Gasteiger partial charge in [0.15, 0.2) is 5.16 Å². The summed E-state index contributed by atoms with van der Waals surface area (Å²) in [7, 11) is 3.15. The van der Waals surface area contributed by atoms with Crippen molar-refractivity contribution in [3.63, 3.8) is 0 Å². The van der Waals surface area contributed by atoms with Gasteiger partial charge in [-0.25, -0.2) is 4.98 Å². The Morgan fingerprint density at radius 1 is 1.19 bits per heavy atom. The van der Waals surface area contributed by atoms with Gasteiger partial charge in [-0.05, 0) is 36.4 Å². The number of thioether (sulfide) groups is 2. The first-order valence-electron chi connectivity index (χ1n) is 10.0. The molecule has 166 valence electrons. The van der Waals surface area contributed by atoms with E-state index >= 15 is 0 Å². The Labute approximate surface area is 194 Å². The van der Waals surface area contributed by atoms with Gasteiger partial charge in [0.05, 0.1) is 41.9 Å². The first kappa shape index (κ1) is 22.3. The third-order valence-electron chi connectivity index (χ3n) is 4.93. The number of para-hydroxylation sites is 2. The van der Waals surface area contributed by atoms with Crippen LogP contribution in [0, 0.1) is 0 Å². The van der Waals surface area contributed by atoms with Crippen molar-refractivity contribution in [1.29, 1.82) is 0 Å². The summed E-state index contributed by atoms with van der Waals surface area (Å²) < 4.78 is 12.1. The lowest BCUT2D eigenvalue weighted by atomic mass is 10.2. The van der Waals surface area contributed by atoms with Crippen molar-refractivity contribution in [2.75, 3.05) is 25.3 Å². The molecule has 0 fully saturated rings. The zero-order chi connectivity index (χ0) is 22.7. The van der Waals surface area contributed by atoms with Crippen molar-refractivity contribution >= 4 is 35.1 Å². The number of rotatable bonds is 7. The number of aromatic nitrogens is 2. The molecule has 0 spiro atoms. The molecule has 0 saturated carbocycles. The summed E-state index contributed by atoms with van der Waals surface area (Å²) in [5.41, 5.74) is 1.96. The molecule has 3 aromatic rings. The van der Waals surface area contributed by atoms with Gasteiger partial charge in [-0.1, -0.05) is 30.8 Å². The predicted molar refractivity (Wildman–Crippen MR) is 128 cm³/mol. The number of nitrogens with zero attached hydrogens (tertiary/aromatic N) is 2. The van der Waals surface area contributed by atoms with Crippen LogP contribution >= 0.6 is 23.5 Å². The minimum atomic E-state index is -0.210. The Bertz CT molecular complexity index is 1190. The summed E-state index contributed by atoms with van der Waals surface area (Å²) in [4.78, 5) is 31.4. The summed E-state index contributed by atoms with van der Waals surface area (Å²) in [5.74, 6) is 1.17. The second-order valence-corrected chi connectivity index (χ2v) is 9.57. The first-order chi connectivity index (χ1) is 15.5. The van der Waals surface area contributed by atoms with Crippen LogP contribution in [0.2, 0.25) is 0 Å². The van der Waals surface area contributed by atoms with Crippen LogP contribution in [0.4, 0.5) is 5.69 Å². The van der Waals surface area contributed by atoms with Crippen LogP contribution < -0.4 is 20.3 Å². The standard InChI is InChI=1S/C23H23N3O4S2/c1-14-12-18-21(32-14)22(28)26(15-8-10-16(29-2)11-9-15)23(25-18)31-13-20(27)24-17-6-4-5-7-19(17)30-3/h4-11,14H,12-13H2,1-3H3,(H,24,27). The van der Waals surface area contributed by atoms with Crippen LogP contribution in [0.3, 0.4) is 0 Å². The van der Waals surface area contributed by atoms with Crippen LogP contribution in [0.5, 0.6) is 11.5 Å². The Morgan fingerprint density at radius 3 is 2.66 bits per heavy atom. The summed E-state index contributed by atoms with van der Waals surface area (Å²) in [6.45, 7) is 2.08. The number of anilines is 1. The van der Waals surface area contributed by atoms with Crippen molar-refractivity contribution in [3.8, 4) is 17.2 Å². The smallest absolute Gasteiger partial charge is 0.272 e. The fourth-order valence-corrected chi connectivity index (χ4v) is 5.35. The number of fused-ring (bicyclic) bond motifs is 1. The molecule has 7 nitrogen and oxygen atoms in total. The molecule has 1 aromatic heterocycles. The third-order valence-corrected chi connectivity index (χ3v) is 7.08. The summed E-state index contributed by atoms with van der Waals surface area (Å²) >= 11 is 2.78. The Hall–Kier alpha value is -2.91. The van der Waals surface area contributed by atoms with Gasteiger partial charge in [0, 0.05) is 11.7 Å². The van der Waals surface area contributed by atoms with Crippen LogP contribution in [0.25, 0.3) is 5.69 Å². The van der Waals surface area contributed by atoms with E-state index in [2.05, 4.69) is 12.2 Å². The lowest BCUT2D eigenvalue weighted by molar-refractivity contribution is -0.113. The lowest BCUT2D eigenvalue weighted by Gasteiger charge is -2.14. The van der Waals surface area contributed by atoms with Crippen molar-refractivity contribution in [3.05, 3.63) is 64.6 Å². The highest BCUT2D eigenvalue weighted by atomic mass is 32.2. The van der Waals surface area contributed by atoms with Crippen LogP contribution in [-0.4, -0.2) is 40.7 Å². The number of hydrogen-bond acceptors (Lipinski definition) is 7. The minimum Gasteiger partial charge on any atom is -0.497 e. The number of benzene rings is 2. The molecule has 2 heterocycles. The van der Waals surface area contributed by atoms with E-state index < -0.39 is 0 Å². The fourth-order valence-electron chi connectivity index (χ4n) is 3.42. The Morgan fingerprint density at radius 2 is 1.94 bits per heavy atom. The Balaban J connectivity index is 1.62. The number of amides is 1. The maximum absolute atomic E-state index is 13.3. The van der Waals surface area contributed by atoms with Crippen molar-refractivity contribution in [2.24, 2.45) is 0 Å². The molecule has 1 N–H and O–H groups in total. The van der Waals surface area contributed by atoms with E-state index in [1.165, 1.54) is 11.8 Å². The summed E-state index contributed by atoms with van der Waals surface area (Å²) in [6, 6.07) is 14.5. The van der Waals surface area contributed by atoms with Crippen LogP contribution in [0.15, 0.2) is 63.4 Å². The highest BCUT2D eigenvalue weighted by Gasteiger charge is 2.27. The highest BCUT2D eigenvalue weighted by molar-refractivity contribution is 8.00. The van der Waals surface area contributed by atoms with E-state index in [1.54, 1.807) is 54.8 Å². The zero-order valence-corrected chi connectivity index (χ0v) is 19.6. The second-order valence-electron chi connectivity index (χ2n) is 7.18. The van der Waals surface area contributed by atoms with Crippen LogP contribution in [-0.2, 0) is 11.2 Å². The quantitative estimate of drug-likeness (QED) is 0.413. The van der Waals surface area contributed by atoms with Crippen molar-refractivity contribution in [1.82, 2.24) is 9.55 Å². The van der Waals surface area contributed by atoms with Crippen molar-refractivity contribution < 1.29 is 14.3 Å². The molecule has 1 aliphatic rings. The van der Waals surface area contributed by atoms with Gasteiger partial charge in [-0.3, -0.25) is 14.2 Å². The first-order valence-corrected chi connectivity index (χ1v) is 11.9. The molecule has 0 radical (unpaired) electrons. The number of carbonyl (C=O) groups is 1. The largest absolute Gasteiger partial charge is 0.497 e. The number of nitrogens with one attached hydrogen (secondary N) is 1. The normalized spacial score (nSPS) is 14.7. The number of hydrogen-bond donors (Lipinski definition) is 1. The second kappa shape index (κ2) is 9.70. The van der Waals surface area contributed by atoms with E-state index in [4.69, 9.17) is 14.5 Å². The number of methoxy groups -OCH3 is 2. The average molecular weight is 470 g/mol. The minimum absolute atomic E-state index is 0.0993. The molecule has 2 aromatic carbocycles. The van der Waals surface area contributed by atoms with Gasteiger partial charge in [0.2, 0.25) is 5.91 Å². The molecule has 9 heteroatoms. The van der Waals surface area contributed by atoms with Gasteiger partial charge in [0.25, 0.3) is 5.56 Å². The van der Waals surface area contributed by atoms with Gasteiger partial charge >= 0.3 is 0 Å². The Kier molecular flexibility index (Phi) is 6.76. The molecular weight excluding hydrogens is 446 g/mol. The van der Waals surface area contributed by atoms with Gasteiger partial charge in [-0.15, -0.1) is 11.8 Å². The zero-order valence-electron chi connectivity index (χ0n) is 18.0. The molecule has 0 saturated heterocycles. The van der Waals surface area contributed by atoms with E-state index in [-0.39, 0.29) is 17.2 Å². The predicted octanol–water partition coefficient (Wildman–Crippen LogP) is 4.02. The molecule has 0 bridgehead atoms. The molecule has 1 amide bonds. The molecule has 1 atom stereocenters. The summed E-state index contributed by atoms with van der Waals surface area (Å²) in [5, 5.41) is 3.64.